The van der Waals surface area contributed by atoms with Crippen molar-refractivity contribution in [2.24, 2.45) is 11.8 Å². The number of hydrogen-bond acceptors (Lipinski definition) is 7. The Morgan fingerprint density at radius 1 is 1.11 bits per heavy atom. The lowest BCUT2D eigenvalue weighted by Crippen LogP contribution is -2.60. The van der Waals surface area contributed by atoms with Gasteiger partial charge in [0.2, 0.25) is 5.91 Å². The molecule has 3 aliphatic rings. The minimum absolute atomic E-state index is 0.00578. The van der Waals surface area contributed by atoms with Crippen molar-refractivity contribution in [3.05, 3.63) is 64.5 Å². The van der Waals surface area contributed by atoms with Gasteiger partial charge in [-0.05, 0) is 80.8 Å². The van der Waals surface area contributed by atoms with Gasteiger partial charge >= 0.3 is 6.18 Å². The van der Waals surface area contributed by atoms with Crippen molar-refractivity contribution in [1.29, 1.82) is 5.26 Å². The number of aliphatic hydroxyl groups is 1. The average molecular weight is 660 g/mol. The lowest BCUT2D eigenvalue weighted by molar-refractivity contribution is -0.142. The van der Waals surface area contributed by atoms with Gasteiger partial charge in [-0.15, -0.1) is 0 Å². The fraction of sp³-hybridized carbons (Fsp3) is 0.515. The maximum Gasteiger partial charge on any atom is 0.417 e. The third-order valence-corrected chi connectivity index (χ3v) is 9.29. The minimum Gasteiger partial charge on any atom is -0.378 e. The molecule has 2 saturated heterocycles. The average Bonchev–Trinajstić information content (AvgIpc) is 3.05. The molecule has 1 saturated carbocycles. The van der Waals surface area contributed by atoms with Gasteiger partial charge in [-0.3, -0.25) is 19.8 Å². The summed E-state index contributed by atoms with van der Waals surface area (Å²) in [6, 6.07) is 8.62. The summed E-state index contributed by atoms with van der Waals surface area (Å²) in [5.74, 6) is -1.97. The lowest BCUT2D eigenvalue weighted by Gasteiger charge is -2.41. The van der Waals surface area contributed by atoms with E-state index in [1.807, 2.05) is 0 Å². The van der Waals surface area contributed by atoms with Crippen LogP contribution in [0.25, 0.3) is 0 Å². The molecule has 3 fully saturated rings. The number of carbonyl (C=O) groups excluding carboxylic acids is 3. The van der Waals surface area contributed by atoms with E-state index in [0.717, 1.165) is 50.3 Å². The molecule has 47 heavy (non-hydrogen) atoms. The van der Waals surface area contributed by atoms with Crippen molar-refractivity contribution in [2.45, 2.75) is 75.8 Å². The molecule has 0 spiro atoms. The topological polar surface area (TPSA) is 144 Å². The van der Waals surface area contributed by atoms with Gasteiger partial charge in [0, 0.05) is 30.7 Å². The number of halogens is 4. The van der Waals surface area contributed by atoms with Gasteiger partial charge in [-0.25, -0.2) is 9.82 Å². The van der Waals surface area contributed by atoms with Crippen molar-refractivity contribution in [3.8, 4) is 6.07 Å². The first-order valence-electron chi connectivity index (χ1n) is 15.7. The summed E-state index contributed by atoms with van der Waals surface area (Å²) < 4.78 is 60.5. The maximum absolute atomic E-state index is 14.9. The Hall–Kier alpha value is -4.06. The molecule has 252 valence electrons. The van der Waals surface area contributed by atoms with E-state index in [1.54, 1.807) is 12.1 Å². The largest absolute Gasteiger partial charge is 0.417 e. The molecule has 0 radical (unpaired) electrons. The van der Waals surface area contributed by atoms with Crippen molar-refractivity contribution in [2.75, 3.05) is 25.0 Å². The molecule has 10 nitrogen and oxygen atoms in total. The molecule has 2 aliphatic heterocycles. The first-order valence-corrected chi connectivity index (χ1v) is 15.7. The van der Waals surface area contributed by atoms with Crippen LogP contribution in [0.3, 0.4) is 0 Å². The van der Waals surface area contributed by atoms with Crippen LogP contribution in [0.2, 0.25) is 0 Å². The van der Waals surface area contributed by atoms with Crippen LogP contribution < -0.4 is 16.2 Å². The highest BCUT2D eigenvalue weighted by Crippen LogP contribution is 2.36. The SMILES string of the molecule is C[C@](O)(COC1CCN(C(=O)c2cc(CC3NNC(=O)C4CCCCC34)ccc2F)CC1)C(=O)Nc1ccc(C#N)c(C(F)(F)F)c1. The van der Waals surface area contributed by atoms with E-state index in [4.69, 9.17) is 10.00 Å². The van der Waals surface area contributed by atoms with Crippen LogP contribution in [0, 0.1) is 29.0 Å². The van der Waals surface area contributed by atoms with E-state index in [0.29, 0.717) is 25.3 Å². The van der Waals surface area contributed by atoms with Gasteiger partial charge < -0.3 is 20.1 Å². The van der Waals surface area contributed by atoms with Crippen molar-refractivity contribution in [3.63, 3.8) is 0 Å². The third-order valence-electron chi connectivity index (χ3n) is 9.29. The van der Waals surface area contributed by atoms with E-state index in [1.165, 1.54) is 17.0 Å². The smallest absolute Gasteiger partial charge is 0.378 e. The summed E-state index contributed by atoms with van der Waals surface area (Å²) in [6.07, 6.45) is -0.174. The Balaban J connectivity index is 1.13. The van der Waals surface area contributed by atoms with Crippen LogP contribution in [-0.4, -0.2) is 65.2 Å². The number of likely N-dealkylation sites (tertiary alicyclic amines) is 1. The predicted molar refractivity (Wildman–Crippen MR) is 161 cm³/mol. The number of anilines is 1. The molecule has 3 amide bonds. The summed E-state index contributed by atoms with van der Waals surface area (Å²) >= 11 is 0. The van der Waals surface area contributed by atoms with E-state index >= 15 is 0 Å². The number of carbonyl (C=O) groups is 3. The summed E-state index contributed by atoms with van der Waals surface area (Å²) in [5, 5.41) is 21.9. The van der Waals surface area contributed by atoms with Crippen molar-refractivity contribution >= 4 is 23.4 Å². The molecule has 3 unspecified atom stereocenters. The normalized spacial score (nSPS) is 23.2. The van der Waals surface area contributed by atoms with Crippen LogP contribution >= 0.6 is 0 Å². The number of nitrogens with zero attached hydrogens (tertiary/aromatic N) is 2. The Morgan fingerprint density at radius 2 is 1.83 bits per heavy atom. The number of hydrogen-bond donors (Lipinski definition) is 4. The number of piperidine rings is 1. The first kappa shape index (κ1) is 34.3. The molecule has 2 aromatic carbocycles. The van der Waals surface area contributed by atoms with Crippen molar-refractivity contribution in [1.82, 2.24) is 15.8 Å². The zero-order valence-corrected chi connectivity index (χ0v) is 25.8. The molecule has 0 aromatic heterocycles. The van der Waals surface area contributed by atoms with Gasteiger partial charge in [0.15, 0.2) is 5.60 Å². The number of hydrazine groups is 1. The number of alkyl halides is 3. The Bertz CT molecular complexity index is 1550. The third kappa shape index (κ3) is 7.91. The van der Waals surface area contributed by atoms with Crippen LogP contribution in [0.4, 0.5) is 23.2 Å². The van der Waals surface area contributed by atoms with Crippen LogP contribution in [0.15, 0.2) is 36.4 Å². The Morgan fingerprint density at radius 3 is 2.53 bits per heavy atom. The number of benzene rings is 2. The molecule has 4 N–H and O–H groups in total. The fourth-order valence-electron chi connectivity index (χ4n) is 6.61. The maximum atomic E-state index is 14.9. The highest BCUT2D eigenvalue weighted by molar-refractivity contribution is 5.97. The number of rotatable bonds is 8. The van der Waals surface area contributed by atoms with Crippen LogP contribution in [0.5, 0.6) is 0 Å². The zero-order chi connectivity index (χ0) is 33.9. The molecule has 14 heteroatoms. The van der Waals surface area contributed by atoms with Crippen LogP contribution in [-0.2, 0) is 26.9 Å². The second-order valence-electron chi connectivity index (χ2n) is 12.7. The standard InChI is InChI=1S/C33H37F4N5O5/c1-32(46,31(45)39-21-8-7-20(17-38)26(16-21)33(35,36)37)18-47-22-10-12-42(13-11-22)30(44)25-14-19(6-9-27(25)34)15-28-23-4-2-3-5-24(23)29(43)41-40-28/h6-9,14,16,22-24,28,40,46H,2-5,10-13,15,18H2,1H3,(H,39,45)(H,41,43)/t23?,24?,28?,32-/m0/s1. The Labute approximate surface area is 269 Å². The molecule has 4 atom stereocenters. The second-order valence-corrected chi connectivity index (χ2v) is 12.7. The zero-order valence-electron chi connectivity index (χ0n) is 25.8. The van der Waals surface area contributed by atoms with Gasteiger partial charge in [-0.1, -0.05) is 18.9 Å². The summed E-state index contributed by atoms with van der Waals surface area (Å²) in [7, 11) is 0. The molecule has 2 heterocycles. The van der Waals surface area contributed by atoms with Crippen molar-refractivity contribution < 1.29 is 41.8 Å². The highest BCUT2D eigenvalue weighted by atomic mass is 19.4. The number of amides is 3. The predicted octanol–water partition coefficient (Wildman–Crippen LogP) is 4.08. The number of fused-ring (bicyclic) bond motifs is 1. The Kier molecular flexibility index (Phi) is 10.2. The molecular formula is C33H37F4N5O5. The van der Waals surface area contributed by atoms with E-state index < -0.39 is 53.2 Å². The number of ether oxygens (including phenoxy) is 1. The molecule has 2 aromatic rings. The summed E-state index contributed by atoms with van der Waals surface area (Å²) in [5.41, 5.74) is 2.45. The van der Waals surface area contributed by atoms with E-state index in [-0.39, 0.29) is 48.1 Å². The lowest BCUT2D eigenvalue weighted by atomic mass is 9.72. The first-order chi connectivity index (χ1) is 22.3. The quantitative estimate of drug-likeness (QED) is 0.313. The number of nitriles is 1. The fourth-order valence-corrected chi connectivity index (χ4v) is 6.61. The van der Waals surface area contributed by atoms with Gasteiger partial charge in [-0.2, -0.15) is 18.4 Å². The highest BCUT2D eigenvalue weighted by Gasteiger charge is 2.40. The van der Waals surface area contributed by atoms with Crippen LogP contribution in [0.1, 0.15) is 72.5 Å². The molecular weight excluding hydrogens is 622 g/mol. The molecule has 0 bridgehead atoms. The van der Waals surface area contributed by atoms with Gasteiger partial charge in [0.1, 0.15) is 5.82 Å². The second kappa shape index (κ2) is 14.0. The van der Waals surface area contributed by atoms with E-state index in [2.05, 4.69) is 16.2 Å². The monoisotopic (exact) mass is 659 g/mol. The van der Waals surface area contributed by atoms with Gasteiger partial charge in [0.25, 0.3) is 11.8 Å². The molecule has 1 aliphatic carbocycles. The van der Waals surface area contributed by atoms with E-state index in [9.17, 15) is 37.1 Å². The summed E-state index contributed by atoms with van der Waals surface area (Å²) in [6.45, 7) is 1.18. The minimum atomic E-state index is -4.81. The molecule has 5 rings (SSSR count). The van der Waals surface area contributed by atoms with Gasteiger partial charge in [0.05, 0.1) is 35.5 Å². The summed E-state index contributed by atoms with van der Waals surface area (Å²) in [4.78, 5) is 39.9. The number of nitrogens with one attached hydrogen (secondary N) is 3.